The Bertz CT molecular complexity index is 589. The molecule has 1 N–H and O–H groups in total. The van der Waals surface area contributed by atoms with Crippen LogP contribution in [0, 0.1) is 13.8 Å². The van der Waals surface area contributed by atoms with Crippen molar-refractivity contribution >= 4 is 17.4 Å². The molecular weight excluding hydrogens is 274 g/mol. The van der Waals surface area contributed by atoms with Gasteiger partial charge in [0.2, 0.25) is 0 Å². The molecular formula is C15H18ClN3O. The predicted molar refractivity (Wildman–Crippen MR) is 81.5 cm³/mol. The summed E-state index contributed by atoms with van der Waals surface area (Å²) in [6, 6.07) is 8.07. The zero-order chi connectivity index (χ0) is 14.5. The van der Waals surface area contributed by atoms with Crippen molar-refractivity contribution in [1.29, 1.82) is 0 Å². The summed E-state index contributed by atoms with van der Waals surface area (Å²) >= 11 is 5.97. The van der Waals surface area contributed by atoms with Gasteiger partial charge in [-0.25, -0.2) is 9.97 Å². The van der Waals surface area contributed by atoms with Gasteiger partial charge in [-0.15, -0.1) is 0 Å². The molecule has 1 heterocycles. The van der Waals surface area contributed by atoms with Crippen LogP contribution in [0.2, 0.25) is 5.15 Å². The summed E-state index contributed by atoms with van der Waals surface area (Å²) in [6.45, 7) is 6.50. The lowest BCUT2D eigenvalue weighted by atomic mass is 10.2. The van der Waals surface area contributed by atoms with E-state index in [1.165, 1.54) is 6.33 Å². The van der Waals surface area contributed by atoms with Gasteiger partial charge >= 0.3 is 0 Å². The fourth-order valence-corrected chi connectivity index (χ4v) is 1.92. The number of aryl methyl sites for hydroxylation is 1. The molecule has 4 nitrogen and oxygen atoms in total. The summed E-state index contributed by atoms with van der Waals surface area (Å²) in [5, 5.41) is 3.75. The van der Waals surface area contributed by atoms with Crippen LogP contribution in [0.25, 0.3) is 0 Å². The molecule has 0 amide bonds. The van der Waals surface area contributed by atoms with Crippen molar-refractivity contribution in [1.82, 2.24) is 9.97 Å². The van der Waals surface area contributed by atoms with Gasteiger partial charge in [-0.3, -0.25) is 0 Å². The average molecular weight is 292 g/mol. The fraction of sp³-hybridized carbons (Fsp3) is 0.333. The number of nitrogens with zero attached hydrogens (tertiary/aromatic N) is 2. The first-order chi connectivity index (χ1) is 9.58. The van der Waals surface area contributed by atoms with E-state index in [0.29, 0.717) is 11.8 Å². The summed E-state index contributed by atoms with van der Waals surface area (Å²) in [5.41, 5.74) is 1.97. The molecule has 0 bridgehead atoms. The largest absolute Gasteiger partial charge is 0.491 e. The Morgan fingerprint density at radius 3 is 2.75 bits per heavy atom. The molecule has 0 saturated heterocycles. The van der Waals surface area contributed by atoms with E-state index < -0.39 is 0 Å². The monoisotopic (exact) mass is 291 g/mol. The fourth-order valence-electron chi connectivity index (χ4n) is 1.78. The SMILES string of the molecule is Cc1ccccc1OCC(C)Nc1ncnc(Cl)c1C. The molecule has 1 aromatic carbocycles. The maximum Gasteiger partial charge on any atom is 0.137 e. The van der Waals surface area contributed by atoms with Crippen LogP contribution in [0.15, 0.2) is 30.6 Å². The van der Waals surface area contributed by atoms with Crippen LogP contribution in [0.3, 0.4) is 0 Å². The molecule has 1 atom stereocenters. The lowest BCUT2D eigenvalue weighted by Gasteiger charge is -2.17. The van der Waals surface area contributed by atoms with Crippen LogP contribution in [-0.4, -0.2) is 22.6 Å². The number of hydrogen-bond acceptors (Lipinski definition) is 4. The van der Waals surface area contributed by atoms with Crippen molar-refractivity contribution in [2.24, 2.45) is 0 Å². The normalized spacial score (nSPS) is 12.0. The van der Waals surface area contributed by atoms with Crippen molar-refractivity contribution in [2.45, 2.75) is 26.8 Å². The van der Waals surface area contributed by atoms with Crippen LogP contribution in [0.4, 0.5) is 5.82 Å². The topological polar surface area (TPSA) is 47.0 Å². The Labute approximate surface area is 124 Å². The van der Waals surface area contributed by atoms with E-state index in [1.807, 2.05) is 45.0 Å². The van der Waals surface area contributed by atoms with E-state index in [9.17, 15) is 0 Å². The molecule has 0 aliphatic rings. The molecule has 106 valence electrons. The first kappa shape index (κ1) is 14.6. The Hall–Kier alpha value is -1.81. The second-order valence-electron chi connectivity index (χ2n) is 4.76. The van der Waals surface area contributed by atoms with Gasteiger partial charge in [0.15, 0.2) is 0 Å². The van der Waals surface area contributed by atoms with Gasteiger partial charge in [0, 0.05) is 5.56 Å². The number of hydrogen-bond donors (Lipinski definition) is 1. The third kappa shape index (κ3) is 3.61. The number of halogens is 1. The molecule has 5 heteroatoms. The van der Waals surface area contributed by atoms with Gasteiger partial charge in [0.05, 0.1) is 6.04 Å². The number of benzene rings is 1. The van der Waals surface area contributed by atoms with Crippen LogP contribution >= 0.6 is 11.6 Å². The minimum atomic E-state index is 0.110. The predicted octanol–water partition coefficient (Wildman–Crippen LogP) is 3.63. The second kappa shape index (κ2) is 6.57. The van der Waals surface area contributed by atoms with Gasteiger partial charge in [-0.1, -0.05) is 29.8 Å². The van der Waals surface area contributed by atoms with E-state index in [0.717, 1.165) is 22.7 Å². The summed E-state index contributed by atoms with van der Waals surface area (Å²) in [5.74, 6) is 1.64. The molecule has 1 aromatic heterocycles. The third-order valence-electron chi connectivity index (χ3n) is 2.99. The molecule has 0 spiro atoms. The van der Waals surface area contributed by atoms with E-state index in [4.69, 9.17) is 16.3 Å². The van der Waals surface area contributed by atoms with Gasteiger partial charge in [-0.2, -0.15) is 0 Å². The van der Waals surface area contributed by atoms with Gasteiger partial charge in [-0.05, 0) is 32.4 Å². The smallest absolute Gasteiger partial charge is 0.137 e. The maximum absolute atomic E-state index is 5.97. The van der Waals surface area contributed by atoms with Gasteiger partial charge < -0.3 is 10.1 Å². The Morgan fingerprint density at radius 1 is 1.25 bits per heavy atom. The first-order valence-electron chi connectivity index (χ1n) is 6.50. The minimum absolute atomic E-state index is 0.110. The van der Waals surface area contributed by atoms with E-state index in [1.54, 1.807) is 0 Å². The van der Waals surface area contributed by atoms with Crippen molar-refractivity contribution in [3.8, 4) is 5.75 Å². The number of ether oxygens (including phenoxy) is 1. The lowest BCUT2D eigenvalue weighted by Crippen LogP contribution is -2.24. The number of aromatic nitrogens is 2. The van der Waals surface area contributed by atoms with Crippen LogP contribution in [0.1, 0.15) is 18.1 Å². The zero-order valence-electron chi connectivity index (χ0n) is 11.9. The zero-order valence-corrected chi connectivity index (χ0v) is 12.6. The van der Waals surface area contributed by atoms with Gasteiger partial charge in [0.25, 0.3) is 0 Å². The van der Waals surface area contributed by atoms with Crippen LogP contribution in [0.5, 0.6) is 5.75 Å². The van der Waals surface area contributed by atoms with Crippen molar-refractivity contribution < 1.29 is 4.74 Å². The molecule has 20 heavy (non-hydrogen) atoms. The van der Waals surface area contributed by atoms with E-state index in [-0.39, 0.29) is 6.04 Å². The molecule has 2 rings (SSSR count). The molecule has 0 fully saturated rings. The molecule has 0 aliphatic carbocycles. The Balaban J connectivity index is 1.94. The first-order valence-corrected chi connectivity index (χ1v) is 6.87. The number of anilines is 1. The summed E-state index contributed by atoms with van der Waals surface area (Å²) in [6.07, 6.45) is 1.45. The van der Waals surface area contributed by atoms with E-state index >= 15 is 0 Å². The quantitative estimate of drug-likeness (QED) is 0.855. The second-order valence-corrected chi connectivity index (χ2v) is 5.12. The highest BCUT2D eigenvalue weighted by atomic mass is 35.5. The molecule has 0 aliphatic heterocycles. The highest BCUT2D eigenvalue weighted by molar-refractivity contribution is 6.30. The van der Waals surface area contributed by atoms with Crippen LogP contribution in [-0.2, 0) is 0 Å². The van der Waals surface area contributed by atoms with E-state index in [2.05, 4.69) is 15.3 Å². The number of nitrogens with one attached hydrogen (secondary N) is 1. The molecule has 0 saturated carbocycles. The summed E-state index contributed by atoms with van der Waals surface area (Å²) < 4.78 is 5.80. The van der Waals surface area contributed by atoms with Crippen molar-refractivity contribution in [2.75, 3.05) is 11.9 Å². The van der Waals surface area contributed by atoms with Crippen molar-refractivity contribution in [3.63, 3.8) is 0 Å². The number of para-hydroxylation sites is 1. The standard InChI is InChI=1S/C15H18ClN3O/c1-10-6-4-5-7-13(10)20-8-11(2)19-15-12(3)14(16)17-9-18-15/h4-7,9,11H,8H2,1-3H3,(H,17,18,19). The highest BCUT2D eigenvalue weighted by Crippen LogP contribution is 2.19. The molecule has 2 aromatic rings. The summed E-state index contributed by atoms with van der Waals surface area (Å²) in [7, 11) is 0. The Morgan fingerprint density at radius 2 is 2.00 bits per heavy atom. The maximum atomic E-state index is 5.97. The van der Waals surface area contributed by atoms with Crippen molar-refractivity contribution in [3.05, 3.63) is 46.9 Å². The van der Waals surface area contributed by atoms with Gasteiger partial charge in [0.1, 0.15) is 29.7 Å². The van der Waals surface area contributed by atoms with Crippen LogP contribution < -0.4 is 10.1 Å². The lowest BCUT2D eigenvalue weighted by molar-refractivity contribution is 0.302. The highest BCUT2D eigenvalue weighted by Gasteiger charge is 2.09. The summed E-state index contributed by atoms with van der Waals surface area (Å²) in [4.78, 5) is 8.12. The Kier molecular flexibility index (Phi) is 4.79. The minimum Gasteiger partial charge on any atom is -0.491 e. The molecule has 0 radical (unpaired) electrons. The third-order valence-corrected chi connectivity index (χ3v) is 3.37. The number of rotatable bonds is 5. The average Bonchev–Trinajstić information content (AvgIpc) is 2.43. The molecule has 1 unspecified atom stereocenters.